The molecule has 0 unspecified atom stereocenters. The molecule has 2 aromatic heterocycles. The first-order chi connectivity index (χ1) is 9.66. The Hall–Kier alpha value is -1.46. The average Bonchev–Trinajstić information content (AvgIpc) is 2.76. The molecular weight excluding hydrogens is 250 g/mol. The van der Waals surface area contributed by atoms with Crippen molar-refractivity contribution in [1.29, 1.82) is 0 Å². The van der Waals surface area contributed by atoms with Gasteiger partial charge in [0, 0.05) is 29.9 Å². The van der Waals surface area contributed by atoms with Crippen LogP contribution >= 0.6 is 0 Å². The van der Waals surface area contributed by atoms with Gasteiger partial charge in [-0.2, -0.15) is 5.10 Å². The molecule has 5 nitrogen and oxygen atoms in total. The van der Waals surface area contributed by atoms with E-state index in [1.165, 1.54) is 24.1 Å². The van der Waals surface area contributed by atoms with E-state index >= 15 is 0 Å². The van der Waals surface area contributed by atoms with Crippen LogP contribution in [0.4, 0.5) is 0 Å². The Bertz CT molecular complexity index is 596. The van der Waals surface area contributed by atoms with Crippen molar-refractivity contribution in [3.63, 3.8) is 0 Å². The Balaban J connectivity index is 2.06. The quantitative estimate of drug-likeness (QED) is 0.922. The van der Waals surface area contributed by atoms with Gasteiger partial charge in [-0.15, -0.1) is 0 Å². The van der Waals surface area contributed by atoms with E-state index in [4.69, 9.17) is 5.10 Å². The second-order valence-electron chi connectivity index (χ2n) is 5.93. The highest BCUT2D eigenvalue weighted by Gasteiger charge is 2.20. The molecule has 1 N–H and O–H groups in total. The van der Waals surface area contributed by atoms with Crippen molar-refractivity contribution < 1.29 is 0 Å². The minimum atomic E-state index is 0.591. The molecule has 1 aliphatic rings. The van der Waals surface area contributed by atoms with E-state index in [-0.39, 0.29) is 0 Å². The highest BCUT2D eigenvalue weighted by Crippen LogP contribution is 2.26. The molecule has 0 bridgehead atoms. The zero-order valence-electron chi connectivity index (χ0n) is 12.6. The highest BCUT2D eigenvalue weighted by molar-refractivity contribution is 5.50. The van der Waals surface area contributed by atoms with E-state index in [1.807, 2.05) is 6.20 Å². The van der Waals surface area contributed by atoms with Gasteiger partial charge in [0.1, 0.15) is 0 Å². The van der Waals surface area contributed by atoms with Gasteiger partial charge in [-0.25, -0.2) is 9.50 Å². The third-order valence-corrected chi connectivity index (χ3v) is 4.08. The Morgan fingerprint density at radius 1 is 1.35 bits per heavy atom. The first-order valence-corrected chi connectivity index (χ1v) is 7.35. The molecule has 0 amide bonds. The van der Waals surface area contributed by atoms with Crippen molar-refractivity contribution >= 4 is 5.65 Å². The lowest BCUT2D eigenvalue weighted by molar-refractivity contribution is 0.402. The molecule has 0 aliphatic carbocycles. The van der Waals surface area contributed by atoms with Crippen molar-refractivity contribution in [1.82, 2.24) is 24.8 Å². The van der Waals surface area contributed by atoms with Gasteiger partial charge in [0.2, 0.25) is 0 Å². The smallest absolute Gasteiger partial charge is 0.160 e. The van der Waals surface area contributed by atoms with Crippen LogP contribution in [0.15, 0.2) is 12.3 Å². The first-order valence-electron chi connectivity index (χ1n) is 7.35. The standard InChI is InChI=1S/C15H23N5/c1-11-13(10-19(2)3)15-17-9-6-14(20(15)18-11)12-4-7-16-8-5-12/h6,9,12,16H,4-5,7-8,10H2,1-3H3. The maximum absolute atomic E-state index is 4.75. The summed E-state index contributed by atoms with van der Waals surface area (Å²) in [5, 5.41) is 8.17. The zero-order chi connectivity index (χ0) is 14.1. The monoisotopic (exact) mass is 273 g/mol. The van der Waals surface area contributed by atoms with Gasteiger partial charge in [0.05, 0.1) is 5.69 Å². The van der Waals surface area contributed by atoms with E-state index in [9.17, 15) is 0 Å². The van der Waals surface area contributed by atoms with Crippen LogP contribution in [0, 0.1) is 6.92 Å². The largest absolute Gasteiger partial charge is 0.317 e. The third-order valence-electron chi connectivity index (χ3n) is 4.08. The summed E-state index contributed by atoms with van der Waals surface area (Å²) >= 11 is 0. The van der Waals surface area contributed by atoms with Crippen LogP contribution in [-0.2, 0) is 6.54 Å². The second-order valence-corrected chi connectivity index (χ2v) is 5.93. The van der Waals surface area contributed by atoms with Crippen molar-refractivity contribution in [2.24, 2.45) is 0 Å². The van der Waals surface area contributed by atoms with E-state index in [0.717, 1.165) is 31.0 Å². The number of nitrogens with one attached hydrogen (secondary N) is 1. The summed E-state index contributed by atoms with van der Waals surface area (Å²) in [6.45, 7) is 5.16. The van der Waals surface area contributed by atoms with Gasteiger partial charge in [-0.1, -0.05) is 0 Å². The number of hydrogen-bond acceptors (Lipinski definition) is 4. The molecular formula is C15H23N5. The fourth-order valence-corrected chi connectivity index (χ4v) is 3.04. The van der Waals surface area contributed by atoms with Crippen molar-refractivity contribution in [2.45, 2.75) is 32.2 Å². The van der Waals surface area contributed by atoms with Crippen LogP contribution in [0.1, 0.15) is 35.7 Å². The van der Waals surface area contributed by atoms with Gasteiger partial charge in [-0.05, 0) is 53.0 Å². The van der Waals surface area contributed by atoms with Crippen LogP contribution in [0.25, 0.3) is 5.65 Å². The van der Waals surface area contributed by atoms with Crippen LogP contribution in [-0.4, -0.2) is 46.7 Å². The van der Waals surface area contributed by atoms with E-state index in [1.54, 1.807) is 0 Å². The lowest BCUT2D eigenvalue weighted by Crippen LogP contribution is -2.27. The normalized spacial score (nSPS) is 17.2. The number of nitrogens with zero attached hydrogens (tertiary/aromatic N) is 4. The van der Waals surface area contributed by atoms with Gasteiger partial charge in [0.25, 0.3) is 0 Å². The summed E-state index contributed by atoms with van der Waals surface area (Å²) in [6.07, 6.45) is 4.30. The van der Waals surface area contributed by atoms with Crippen LogP contribution in [0.2, 0.25) is 0 Å². The van der Waals surface area contributed by atoms with Gasteiger partial charge >= 0.3 is 0 Å². The van der Waals surface area contributed by atoms with E-state index in [0.29, 0.717) is 5.92 Å². The molecule has 0 saturated carbocycles. The Labute approximate surface area is 120 Å². The molecule has 0 radical (unpaired) electrons. The Kier molecular flexibility index (Phi) is 3.72. The van der Waals surface area contributed by atoms with E-state index in [2.05, 4.69) is 46.8 Å². The van der Waals surface area contributed by atoms with Crippen molar-refractivity contribution in [3.8, 4) is 0 Å². The first kappa shape index (κ1) is 13.5. The lowest BCUT2D eigenvalue weighted by atomic mass is 9.94. The van der Waals surface area contributed by atoms with Crippen LogP contribution in [0.5, 0.6) is 0 Å². The number of fused-ring (bicyclic) bond motifs is 1. The number of aromatic nitrogens is 3. The Morgan fingerprint density at radius 2 is 2.10 bits per heavy atom. The molecule has 0 spiro atoms. The van der Waals surface area contributed by atoms with Crippen LogP contribution < -0.4 is 5.32 Å². The molecule has 2 aromatic rings. The Morgan fingerprint density at radius 3 is 2.80 bits per heavy atom. The predicted octanol–water partition coefficient (Wildman–Crippen LogP) is 1.57. The molecule has 5 heteroatoms. The van der Waals surface area contributed by atoms with Gasteiger partial charge in [0.15, 0.2) is 5.65 Å². The summed E-state index contributed by atoms with van der Waals surface area (Å²) in [4.78, 5) is 6.74. The maximum atomic E-state index is 4.75. The predicted molar refractivity (Wildman–Crippen MR) is 80.0 cm³/mol. The number of piperidine rings is 1. The van der Waals surface area contributed by atoms with Crippen molar-refractivity contribution in [3.05, 3.63) is 29.2 Å². The molecule has 0 atom stereocenters. The lowest BCUT2D eigenvalue weighted by Gasteiger charge is -2.23. The molecule has 1 fully saturated rings. The molecule has 1 aliphatic heterocycles. The summed E-state index contributed by atoms with van der Waals surface area (Å²) in [5.74, 6) is 0.591. The van der Waals surface area contributed by atoms with Gasteiger partial charge < -0.3 is 10.2 Å². The zero-order valence-corrected chi connectivity index (χ0v) is 12.6. The molecule has 3 rings (SSSR count). The third kappa shape index (κ3) is 2.43. The van der Waals surface area contributed by atoms with Crippen LogP contribution in [0.3, 0.4) is 0 Å². The number of rotatable bonds is 3. The second kappa shape index (κ2) is 5.50. The number of aryl methyl sites for hydroxylation is 1. The summed E-state index contributed by atoms with van der Waals surface area (Å²) in [5.41, 5.74) is 4.66. The topological polar surface area (TPSA) is 45.5 Å². The molecule has 0 aromatic carbocycles. The highest BCUT2D eigenvalue weighted by atomic mass is 15.3. The average molecular weight is 273 g/mol. The maximum Gasteiger partial charge on any atom is 0.160 e. The molecule has 3 heterocycles. The molecule has 108 valence electrons. The van der Waals surface area contributed by atoms with Crippen molar-refractivity contribution in [2.75, 3.05) is 27.2 Å². The fraction of sp³-hybridized carbons (Fsp3) is 0.600. The SMILES string of the molecule is Cc1nn2c(C3CCNCC3)ccnc2c1CN(C)C. The fourth-order valence-electron chi connectivity index (χ4n) is 3.04. The summed E-state index contributed by atoms with van der Waals surface area (Å²) in [6, 6.07) is 2.13. The minimum absolute atomic E-state index is 0.591. The number of hydrogen-bond donors (Lipinski definition) is 1. The van der Waals surface area contributed by atoms with Gasteiger partial charge in [-0.3, -0.25) is 0 Å². The summed E-state index contributed by atoms with van der Waals surface area (Å²) < 4.78 is 2.07. The minimum Gasteiger partial charge on any atom is -0.317 e. The molecule has 1 saturated heterocycles. The van der Waals surface area contributed by atoms with E-state index < -0.39 is 0 Å². The molecule has 20 heavy (non-hydrogen) atoms. The summed E-state index contributed by atoms with van der Waals surface area (Å²) in [7, 11) is 4.17.